The highest BCUT2D eigenvalue weighted by molar-refractivity contribution is 7.99. The zero-order chi connectivity index (χ0) is 27.4. The average molecular weight is 533 g/mol. The molecule has 11 heteroatoms. The second kappa shape index (κ2) is 9.94. The van der Waals surface area contributed by atoms with Crippen molar-refractivity contribution < 1.29 is 39.3 Å². The Morgan fingerprint density at radius 3 is 2.43 bits per heavy atom. The van der Waals surface area contributed by atoms with Crippen molar-refractivity contribution in [3.8, 4) is 5.75 Å². The van der Waals surface area contributed by atoms with E-state index >= 15 is 0 Å². The fourth-order valence-corrected chi connectivity index (χ4v) is 7.74. The first-order chi connectivity index (χ1) is 17.4. The van der Waals surface area contributed by atoms with E-state index in [2.05, 4.69) is 0 Å². The SMILES string of the molecule is CCCCSC[C@H]1c2cccc(O)c2C(=O)C2C(=O)[C@]3(O)C(=O)C(C(N)=O)C(=O)[C@@H](N(C)C)C3[C@@H](O)C21. The number of hydrogen-bond donors (Lipinski definition) is 4. The van der Waals surface area contributed by atoms with E-state index in [9.17, 15) is 39.3 Å². The molecule has 3 aliphatic rings. The number of aliphatic hydroxyl groups is 2. The molecule has 0 saturated heterocycles. The number of primary amides is 1. The minimum absolute atomic E-state index is 0.0811. The molecule has 0 radical (unpaired) electrons. The Hall–Kier alpha value is -2.60. The predicted octanol–water partition coefficient (Wildman–Crippen LogP) is -0.0878. The minimum Gasteiger partial charge on any atom is -0.507 e. The number of nitrogens with zero attached hydrogens (tertiary/aromatic N) is 1. The van der Waals surface area contributed by atoms with Crippen LogP contribution < -0.4 is 5.73 Å². The van der Waals surface area contributed by atoms with E-state index in [0.29, 0.717) is 11.3 Å². The fraction of sp³-hybridized carbons (Fsp3) is 0.577. The Kier molecular flexibility index (Phi) is 7.37. The van der Waals surface area contributed by atoms with Crippen molar-refractivity contribution in [3.63, 3.8) is 0 Å². The van der Waals surface area contributed by atoms with Gasteiger partial charge in [0, 0.05) is 17.6 Å². The molecule has 10 nitrogen and oxygen atoms in total. The largest absolute Gasteiger partial charge is 0.507 e. The fourth-order valence-electron chi connectivity index (χ4n) is 6.42. The molecule has 1 amide bonds. The summed E-state index contributed by atoms with van der Waals surface area (Å²) in [6.45, 7) is 2.05. The average Bonchev–Trinajstić information content (AvgIpc) is 2.82. The maximum Gasteiger partial charge on any atom is 0.235 e. The monoisotopic (exact) mass is 532 g/mol. The lowest BCUT2D eigenvalue weighted by Gasteiger charge is -2.56. The summed E-state index contributed by atoms with van der Waals surface area (Å²) in [7, 11) is 2.94. The van der Waals surface area contributed by atoms with Crippen molar-refractivity contribution in [1.82, 2.24) is 4.90 Å². The maximum atomic E-state index is 14.0. The lowest BCUT2D eigenvalue weighted by molar-refractivity contribution is -0.196. The van der Waals surface area contributed by atoms with Gasteiger partial charge in [0.1, 0.15) is 5.75 Å². The lowest BCUT2D eigenvalue weighted by Crippen LogP contribution is -2.77. The van der Waals surface area contributed by atoms with Crippen LogP contribution >= 0.6 is 11.8 Å². The first-order valence-electron chi connectivity index (χ1n) is 12.3. The van der Waals surface area contributed by atoms with E-state index in [1.165, 1.54) is 25.1 Å². The molecular formula is C26H32N2O8S. The third kappa shape index (κ3) is 3.94. The van der Waals surface area contributed by atoms with Gasteiger partial charge in [-0.2, -0.15) is 11.8 Å². The predicted molar refractivity (Wildman–Crippen MR) is 134 cm³/mol. The molecular weight excluding hydrogens is 500 g/mol. The van der Waals surface area contributed by atoms with Crippen LogP contribution in [0.15, 0.2) is 18.2 Å². The number of phenols is 1. The van der Waals surface area contributed by atoms with E-state index in [1.54, 1.807) is 23.9 Å². The van der Waals surface area contributed by atoms with Gasteiger partial charge in [0.05, 0.1) is 29.5 Å². The number of Topliss-reactive ketones (excluding diaryl/α,β-unsaturated/α-hetero) is 4. The Morgan fingerprint density at radius 2 is 1.84 bits per heavy atom. The molecule has 0 aromatic heterocycles. The molecule has 1 aromatic carbocycles. The molecule has 0 heterocycles. The van der Waals surface area contributed by atoms with Gasteiger partial charge >= 0.3 is 0 Å². The van der Waals surface area contributed by atoms with Gasteiger partial charge in [-0.05, 0) is 37.9 Å². The zero-order valence-electron chi connectivity index (χ0n) is 20.9. The van der Waals surface area contributed by atoms with Gasteiger partial charge in [-0.25, -0.2) is 0 Å². The second-order valence-electron chi connectivity index (χ2n) is 10.4. The number of benzene rings is 1. The molecule has 0 bridgehead atoms. The summed E-state index contributed by atoms with van der Waals surface area (Å²) >= 11 is 1.57. The van der Waals surface area contributed by atoms with Crippen molar-refractivity contribution >= 4 is 40.8 Å². The molecule has 4 rings (SSSR count). The van der Waals surface area contributed by atoms with Gasteiger partial charge in [-0.15, -0.1) is 0 Å². The summed E-state index contributed by atoms with van der Waals surface area (Å²) in [5.41, 5.74) is 2.73. The third-order valence-corrected chi connectivity index (χ3v) is 9.26. The highest BCUT2D eigenvalue weighted by Crippen LogP contribution is 2.55. The van der Waals surface area contributed by atoms with Crippen LogP contribution in [0.4, 0.5) is 0 Å². The highest BCUT2D eigenvalue weighted by Gasteiger charge is 2.73. The van der Waals surface area contributed by atoms with E-state index in [4.69, 9.17) is 5.73 Å². The Labute approximate surface area is 218 Å². The molecule has 1 aromatic rings. The first kappa shape index (κ1) is 27.4. The number of carbonyl (C=O) groups excluding carboxylic acids is 5. The van der Waals surface area contributed by atoms with Crippen LogP contribution in [-0.4, -0.2) is 92.6 Å². The maximum absolute atomic E-state index is 14.0. The van der Waals surface area contributed by atoms with Crippen molar-refractivity contribution in [2.45, 2.75) is 43.4 Å². The smallest absolute Gasteiger partial charge is 0.235 e. The lowest BCUT2D eigenvalue weighted by atomic mass is 9.49. The molecule has 8 atom stereocenters. The number of carbonyl (C=O) groups is 5. The molecule has 5 N–H and O–H groups in total. The molecule has 37 heavy (non-hydrogen) atoms. The van der Waals surface area contributed by atoms with Gasteiger partial charge in [-0.3, -0.25) is 28.9 Å². The van der Waals surface area contributed by atoms with Crippen molar-refractivity contribution in [1.29, 1.82) is 0 Å². The highest BCUT2D eigenvalue weighted by atomic mass is 32.2. The molecule has 3 aliphatic carbocycles. The second-order valence-corrected chi connectivity index (χ2v) is 11.5. The van der Waals surface area contributed by atoms with E-state index in [-0.39, 0.29) is 11.3 Å². The van der Waals surface area contributed by atoms with Crippen LogP contribution in [0.25, 0.3) is 0 Å². The number of aromatic hydroxyl groups is 1. The molecule has 4 unspecified atom stereocenters. The van der Waals surface area contributed by atoms with Gasteiger partial charge < -0.3 is 21.1 Å². The number of hydrogen-bond acceptors (Lipinski definition) is 10. The minimum atomic E-state index is -2.99. The number of likely N-dealkylation sites (N-methyl/N-ethyl adjacent to an activating group) is 1. The standard InChI is InChI=1S/C26H32N2O8S/c1-4-5-9-37-10-12-11-7-6-8-13(29)14(11)20(30)16-15(12)21(31)18-19(28(2)3)22(32)17(25(27)35)24(34)26(18,36)23(16)33/h6-8,12,15-19,21,29,31,36H,4-5,9-10H2,1-3H3,(H2,27,35)/t12-,15?,16?,17?,18?,19-,21-,26-/m0/s1. The molecule has 2 saturated carbocycles. The quantitative estimate of drug-likeness (QED) is 0.274. The summed E-state index contributed by atoms with van der Waals surface area (Å²) in [6.07, 6.45) is 0.269. The number of aliphatic hydroxyl groups excluding tert-OH is 1. The van der Waals surface area contributed by atoms with Crippen LogP contribution in [0.3, 0.4) is 0 Å². The topological polar surface area (TPSA) is 175 Å². The Balaban J connectivity index is 1.91. The number of nitrogens with two attached hydrogens (primary N) is 1. The van der Waals surface area contributed by atoms with Crippen molar-refractivity contribution in [2.24, 2.45) is 29.4 Å². The molecule has 0 spiro atoms. The first-order valence-corrected chi connectivity index (χ1v) is 13.5. The molecule has 200 valence electrons. The number of rotatable bonds is 7. The van der Waals surface area contributed by atoms with Gasteiger partial charge in [0.15, 0.2) is 34.7 Å². The van der Waals surface area contributed by atoms with Crippen LogP contribution in [0.1, 0.15) is 41.6 Å². The zero-order valence-corrected chi connectivity index (χ0v) is 21.7. The summed E-state index contributed by atoms with van der Waals surface area (Å²) in [5.74, 6) is -11.8. The summed E-state index contributed by atoms with van der Waals surface area (Å²) in [6, 6.07) is 3.17. The van der Waals surface area contributed by atoms with Gasteiger partial charge in [-0.1, -0.05) is 25.5 Å². The van der Waals surface area contributed by atoms with Crippen LogP contribution in [0.5, 0.6) is 5.75 Å². The number of fused-ring (bicyclic) bond motifs is 3. The third-order valence-electron chi connectivity index (χ3n) is 8.09. The van der Waals surface area contributed by atoms with E-state index in [1.807, 2.05) is 6.92 Å². The molecule has 0 aliphatic heterocycles. The van der Waals surface area contributed by atoms with Crippen molar-refractivity contribution in [3.05, 3.63) is 29.3 Å². The number of unbranched alkanes of at least 4 members (excludes halogenated alkanes) is 1. The summed E-state index contributed by atoms with van der Waals surface area (Å²) < 4.78 is 0. The Bertz CT molecular complexity index is 1170. The van der Waals surface area contributed by atoms with Gasteiger partial charge in [0.25, 0.3) is 0 Å². The number of thioether (sulfide) groups is 1. The van der Waals surface area contributed by atoms with Crippen LogP contribution in [0, 0.1) is 23.7 Å². The summed E-state index contributed by atoms with van der Waals surface area (Å²) in [4.78, 5) is 67.8. The van der Waals surface area contributed by atoms with Crippen LogP contribution in [-0.2, 0) is 19.2 Å². The number of phenolic OH excluding ortho intramolecular Hbond substituents is 1. The summed E-state index contributed by atoms with van der Waals surface area (Å²) in [5, 5.41) is 34.0. The van der Waals surface area contributed by atoms with Crippen molar-refractivity contribution in [2.75, 3.05) is 25.6 Å². The van der Waals surface area contributed by atoms with E-state index < -0.39 is 76.4 Å². The number of ketones is 4. The van der Waals surface area contributed by atoms with E-state index in [0.717, 1.165) is 18.6 Å². The normalized spacial score (nSPS) is 35.2. The number of amides is 1. The van der Waals surface area contributed by atoms with Gasteiger partial charge in [0.2, 0.25) is 5.91 Å². The van der Waals surface area contributed by atoms with Crippen LogP contribution in [0.2, 0.25) is 0 Å². The Morgan fingerprint density at radius 1 is 1.16 bits per heavy atom. The molecule has 2 fully saturated rings.